The molecule has 1 unspecified atom stereocenters. The van der Waals surface area contributed by atoms with Crippen LogP contribution in [0.15, 0.2) is 35.3 Å². The van der Waals surface area contributed by atoms with Gasteiger partial charge in [0.25, 0.3) is 0 Å². The molecule has 1 aromatic rings. The molecule has 0 radical (unpaired) electrons. The Morgan fingerprint density at radius 2 is 1.81 bits per heavy atom. The minimum Gasteiger partial charge on any atom is -0.377 e. The number of nitrogens with zero attached hydrogens (tertiary/aromatic N) is 2. The molecule has 1 aromatic carbocycles. The van der Waals surface area contributed by atoms with E-state index in [9.17, 15) is 0 Å². The number of likely N-dealkylation sites (tertiary alicyclic amines) is 1. The number of hydrogen-bond donors (Lipinski definition) is 3. The average Bonchev–Trinajstić information content (AvgIpc) is 3.26. The summed E-state index contributed by atoms with van der Waals surface area (Å²) < 4.78 is 5.71. The van der Waals surface area contributed by atoms with Crippen molar-refractivity contribution in [1.82, 2.24) is 20.9 Å². The standard InChI is InChI=1S/C26H45N5O/c1-21(2)32-19-18-31-16-12-24(13-17-31)29-25(27-4)28-20-26(14-8-9-15-26)30-22(3)23-10-6-5-7-11-23/h5-7,10-11,21-22,24,30H,8-9,12-20H2,1-4H3,(H2,27,28,29). The lowest BCUT2D eigenvalue weighted by atomic mass is 9.94. The molecule has 0 amide bonds. The fourth-order valence-electron chi connectivity index (χ4n) is 5.07. The monoisotopic (exact) mass is 443 g/mol. The zero-order chi connectivity index (χ0) is 22.8. The lowest BCUT2D eigenvalue weighted by Crippen LogP contribution is -2.56. The summed E-state index contributed by atoms with van der Waals surface area (Å²) in [7, 11) is 1.88. The van der Waals surface area contributed by atoms with E-state index in [-0.39, 0.29) is 5.54 Å². The molecule has 1 saturated heterocycles. The Kier molecular flexibility index (Phi) is 9.82. The number of piperidine rings is 1. The quantitative estimate of drug-likeness (QED) is 0.380. The molecule has 3 N–H and O–H groups in total. The van der Waals surface area contributed by atoms with Gasteiger partial charge in [0.2, 0.25) is 0 Å². The predicted octanol–water partition coefficient (Wildman–Crippen LogP) is 3.70. The summed E-state index contributed by atoms with van der Waals surface area (Å²) in [5.74, 6) is 0.937. The molecule has 0 spiro atoms. The smallest absolute Gasteiger partial charge is 0.191 e. The van der Waals surface area contributed by atoms with E-state index in [0.717, 1.165) is 51.6 Å². The van der Waals surface area contributed by atoms with E-state index in [2.05, 4.69) is 76.9 Å². The van der Waals surface area contributed by atoms with Gasteiger partial charge in [0.15, 0.2) is 5.96 Å². The maximum absolute atomic E-state index is 5.71. The summed E-state index contributed by atoms with van der Waals surface area (Å²) in [5, 5.41) is 11.3. The van der Waals surface area contributed by atoms with Crippen LogP contribution in [0.1, 0.15) is 70.9 Å². The van der Waals surface area contributed by atoms with Crippen LogP contribution in [0.25, 0.3) is 0 Å². The minimum atomic E-state index is 0.132. The zero-order valence-corrected chi connectivity index (χ0v) is 20.7. The van der Waals surface area contributed by atoms with Crippen molar-refractivity contribution in [2.75, 3.05) is 39.8 Å². The van der Waals surface area contributed by atoms with Gasteiger partial charge in [-0.2, -0.15) is 0 Å². The number of benzene rings is 1. The topological polar surface area (TPSA) is 60.9 Å². The van der Waals surface area contributed by atoms with Crippen molar-refractivity contribution in [2.24, 2.45) is 4.99 Å². The van der Waals surface area contributed by atoms with E-state index in [1.807, 2.05) is 7.05 Å². The van der Waals surface area contributed by atoms with Gasteiger partial charge in [0, 0.05) is 50.8 Å². The predicted molar refractivity (Wildman–Crippen MR) is 134 cm³/mol. The number of hydrogen-bond acceptors (Lipinski definition) is 4. The highest BCUT2D eigenvalue weighted by Gasteiger charge is 2.35. The van der Waals surface area contributed by atoms with Crippen LogP contribution >= 0.6 is 0 Å². The highest BCUT2D eigenvalue weighted by atomic mass is 16.5. The Bertz CT molecular complexity index is 679. The van der Waals surface area contributed by atoms with Crippen LogP contribution in [-0.4, -0.2) is 68.4 Å². The fraction of sp³-hybridized carbons (Fsp3) is 0.731. The zero-order valence-electron chi connectivity index (χ0n) is 20.7. The first-order chi connectivity index (χ1) is 15.5. The average molecular weight is 444 g/mol. The molecule has 1 aliphatic heterocycles. The van der Waals surface area contributed by atoms with E-state index < -0.39 is 0 Å². The molecular weight excluding hydrogens is 398 g/mol. The second-order valence-electron chi connectivity index (χ2n) is 9.87. The highest BCUT2D eigenvalue weighted by Crippen LogP contribution is 2.31. The van der Waals surface area contributed by atoms with Crippen molar-refractivity contribution in [2.45, 2.75) is 83.0 Å². The summed E-state index contributed by atoms with van der Waals surface area (Å²) in [6.45, 7) is 11.5. The second kappa shape index (κ2) is 12.6. The number of rotatable bonds is 10. The first-order valence-corrected chi connectivity index (χ1v) is 12.6. The van der Waals surface area contributed by atoms with Gasteiger partial charge in [0.1, 0.15) is 0 Å². The third kappa shape index (κ3) is 7.75. The van der Waals surface area contributed by atoms with E-state index in [0.29, 0.717) is 18.2 Å². The summed E-state index contributed by atoms with van der Waals surface area (Å²) in [6.07, 6.45) is 7.63. The van der Waals surface area contributed by atoms with Gasteiger partial charge in [-0.25, -0.2) is 0 Å². The van der Waals surface area contributed by atoms with Gasteiger partial charge >= 0.3 is 0 Å². The largest absolute Gasteiger partial charge is 0.377 e. The normalized spacial score (nSPS) is 21.1. The van der Waals surface area contributed by atoms with Gasteiger partial charge < -0.3 is 25.6 Å². The molecule has 0 aromatic heterocycles. The molecule has 2 aliphatic rings. The van der Waals surface area contributed by atoms with E-state index in [4.69, 9.17) is 4.74 Å². The number of ether oxygens (including phenoxy) is 1. The molecule has 32 heavy (non-hydrogen) atoms. The summed E-state index contributed by atoms with van der Waals surface area (Å²) in [6, 6.07) is 11.6. The first-order valence-electron chi connectivity index (χ1n) is 12.6. The molecule has 180 valence electrons. The van der Waals surface area contributed by atoms with Gasteiger partial charge in [-0.05, 0) is 52.0 Å². The van der Waals surface area contributed by atoms with Crippen molar-refractivity contribution in [3.63, 3.8) is 0 Å². The Labute approximate surface area is 195 Å². The Balaban J connectivity index is 1.44. The molecule has 1 aliphatic carbocycles. The SMILES string of the molecule is CN=C(NCC1(NC(C)c2ccccc2)CCCC1)NC1CCN(CCOC(C)C)CC1. The number of guanidine groups is 1. The number of nitrogens with one attached hydrogen (secondary N) is 3. The van der Waals surface area contributed by atoms with E-state index in [1.54, 1.807) is 0 Å². The third-order valence-corrected chi connectivity index (χ3v) is 6.99. The van der Waals surface area contributed by atoms with Crippen LogP contribution in [0.3, 0.4) is 0 Å². The summed E-state index contributed by atoms with van der Waals surface area (Å²) in [4.78, 5) is 7.05. The summed E-state index contributed by atoms with van der Waals surface area (Å²) in [5.41, 5.74) is 1.49. The van der Waals surface area contributed by atoms with Crippen LogP contribution in [0.4, 0.5) is 0 Å². The molecule has 3 rings (SSSR count). The maximum atomic E-state index is 5.71. The van der Waals surface area contributed by atoms with E-state index >= 15 is 0 Å². The molecule has 2 fully saturated rings. The summed E-state index contributed by atoms with van der Waals surface area (Å²) >= 11 is 0. The molecule has 1 saturated carbocycles. The van der Waals surface area contributed by atoms with Crippen molar-refractivity contribution in [3.8, 4) is 0 Å². The van der Waals surface area contributed by atoms with Gasteiger partial charge in [0.05, 0.1) is 12.7 Å². The fourth-order valence-corrected chi connectivity index (χ4v) is 5.07. The molecule has 1 heterocycles. The van der Waals surface area contributed by atoms with Gasteiger partial charge in [-0.1, -0.05) is 43.2 Å². The van der Waals surface area contributed by atoms with Crippen LogP contribution in [-0.2, 0) is 4.74 Å². The van der Waals surface area contributed by atoms with Crippen LogP contribution in [0.2, 0.25) is 0 Å². The molecule has 1 atom stereocenters. The van der Waals surface area contributed by atoms with Crippen molar-refractivity contribution in [3.05, 3.63) is 35.9 Å². The van der Waals surface area contributed by atoms with Crippen molar-refractivity contribution < 1.29 is 4.74 Å². The third-order valence-electron chi connectivity index (χ3n) is 6.99. The molecule has 0 bridgehead atoms. The Hall–Kier alpha value is -1.63. The molecule has 6 heteroatoms. The Morgan fingerprint density at radius 3 is 2.44 bits per heavy atom. The number of aliphatic imine (C=N–C) groups is 1. The second-order valence-corrected chi connectivity index (χ2v) is 9.87. The molecule has 6 nitrogen and oxygen atoms in total. The van der Waals surface area contributed by atoms with Crippen LogP contribution < -0.4 is 16.0 Å². The minimum absolute atomic E-state index is 0.132. The van der Waals surface area contributed by atoms with Gasteiger partial charge in [-0.3, -0.25) is 4.99 Å². The van der Waals surface area contributed by atoms with Gasteiger partial charge in [-0.15, -0.1) is 0 Å². The first kappa shape index (κ1) is 25.0. The van der Waals surface area contributed by atoms with Crippen LogP contribution in [0, 0.1) is 0 Å². The lowest BCUT2D eigenvalue weighted by Gasteiger charge is -2.36. The molecular formula is C26H45N5O. The Morgan fingerprint density at radius 1 is 1.12 bits per heavy atom. The van der Waals surface area contributed by atoms with Crippen LogP contribution in [0.5, 0.6) is 0 Å². The maximum Gasteiger partial charge on any atom is 0.191 e. The highest BCUT2D eigenvalue weighted by molar-refractivity contribution is 5.80. The van der Waals surface area contributed by atoms with Crippen molar-refractivity contribution >= 4 is 5.96 Å². The lowest BCUT2D eigenvalue weighted by molar-refractivity contribution is 0.0532. The van der Waals surface area contributed by atoms with Crippen molar-refractivity contribution in [1.29, 1.82) is 0 Å². The van der Waals surface area contributed by atoms with E-state index in [1.165, 1.54) is 31.2 Å².